The molecule has 35 heavy (non-hydrogen) atoms. The normalized spacial score (nSPS) is 20.3. The fraction of sp³-hybridized carbons (Fsp3) is 0.567. The maximum absolute atomic E-state index is 12.1. The summed E-state index contributed by atoms with van der Waals surface area (Å²) in [7, 11) is 0. The van der Waals surface area contributed by atoms with Crippen LogP contribution >= 0.6 is 15.9 Å². The van der Waals surface area contributed by atoms with Gasteiger partial charge in [0, 0.05) is 31.0 Å². The van der Waals surface area contributed by atoms with Crippen molar-refractivity contribution in [2.24, 2.45) is 17.8 Å². The SMILES string of the molecule is CC.CC(=O)N(CCC1CCN(C[C@H]2CNCC2C)CC1)Cc1ccc(Br)cc1.c1ccccc1. The minimum atomic E-state index is 0.179. The molecule has 0 spiro atoms. The van der Waals surface area contributed by atoms with Crippen LogP contribution in [0.5, 0.6) is 0 Å². The van der Waals surface area contributed by atoms with Crippen molar-refractivity contribution < 1.29 is 4.79 Å². The molecule has 4 rings (SSSR count). The Morgan fingerprint density at radius 1 is 1.00 bits per heavy atom. The van der Waals surface area contributed by atoms with Gasteiger partial charge < -0.3 is 15.1 Å². The van der Waals surface area contributed by atoms with Crippen LogP contribution in [-0.4, -0.2) is 55.0 Å². The number of nitrogens with zero attached hydrogens (tertiary/aromatic N) is 2. The number of halogens is 1. The minimum absolute atomic E-state index is 0.179. The maximum atomic E-state index is 12.1. The molecule has 2 aromatic carbocycles. The zero-order valence-corrected chi connectivity index (χ0v) is 23.8. The molecule has 0 bridgehead atoms. The quantitative estimate of drug-likeness (QED) is 0.434. The number of carbonyl (C=O) groups is 1. The number of rotatable bonds is 7. The van der Waals surface area contributed by atoms with Gasteiger partial charge in [-0.05, 0) is 80.9 Å². The highest BCUT2D eigenvalue weighted by atomic mass is 79.9. The number of hydrogen-bond donors (Lipinski definition) is 1. The molecule has 0 aromatic heterocycles. The van der Waals surface area contributed by atoms with Crippen molar-refractivity contribution in [3.63, 3.8) is 0 Å². The van der Waals surface area contributed by atoms with Gasteiger partial charge in [-0.1, -0.05) is 85.2 Å². The Kier molecular flexibility index (Phi) is 14.3. The van der Waals surface area contributed by atoms with Gasteiger partial charge in [-0.2, -0.15) is 0 Å². The molecule has 4 nitrogen and oxygen atoms in total. The third-order valence-electron chi connectivity index (χ3n) is 7.08. The first-order valence-corrected chi connectivity index (χ1v) is 14.2. The number of benzene rings is 2. The van der Waals surface area contributed by atoms with Crippen molar-refractivity contribution in [2.75, 3.05) is 39.3 Å². The summed E-state index contributed by atoms with van der Waals surface area (Å²) in [6.07, 6.45) is 3.68. The Hall–Kier alpha value is -1.69. The van der Waals surface area contributed by atoms with Gasteiger partial charge in [0.05, 0.1) is 0 Å². The highest BCUT2D eigenvalue weighted by Gasteiger charge is 2.27. The van der Waals surface area contributed by atoms with Crippen LogP contribution in [0.25, 0.3) is 0 Å². The van der Waals surface area contributed by atoms with Gasteiger partial charge in [0.2, 0.25) is 5.91 Å². The molecule has 2 saturated heterocycles. The van der Waals surface area contributed by atoms with Crippen molar-refractivity contribution >= 4 is 21.8 Å². The van der Waals surface area contributed by atoms with Crippen molar-refractivity contribution in [1.29, 1.82) is 0 Å². The second-order valence-electron chi connectivity index (χ2n) is 9.65. The van der Waals surface area contributed by atoms with Gasteiger partial charge in [-0.25, -0.2) is 0 Å². The molecule has 5 heteroatoms. The van der Waals surface area contributed by atoms with Crippen molar-refractivity contribution in [3.8, 4) is 0 Å². The Bertz CT molecular complexity index is 779. The molecule has 2 aromatic rings. The molecule has 2 atom stereocenters. The number of piperidine rings is 1. The lowest BCUT2D eigenvalue weighted by atomic mass is 9.91. The van der Waals surface area contributed by atoms with Crippen LogP contribution < -0.4 is 5.32 Å². The Morgan fingerprint density at radius 2 is 1.57 bits per heavy atom. The number of nitrogens with one attached hydrogen (secondary N) is 1. The molecule has 2 aliphatic rings. The molecular weight excluding hydrogens is 498 g/mol. The average Bonchev–Trinajstić information content (AvgIpc) is 3.30. The lowest BCUT2D eigenvalue weighted by Crippen LogP contribution is -2.39. The van der Waals surface area contributed by atoms with E-state index in [9.17, 15) is 4.79 Å². The molecule has 1 unspecified atom stereocenters. The molecule has 2 fully saturated rings. The number of amides is 1. The van der Waals surface area contributed by atoms with Crippen LogP contribution in [-0.2, 0) is 11.3 Å². The molecule has 0 radical (unpaired) electrons. The van der Waals surface area contributed by atoms with E-state index in [1.807, 2.05) is 67.3 Å². The van der Waals surface area contributed by atoms with Crippen LogP contribution in [0.15, 0.2) is 65.1 Å². The van der Waals surface area contributed by atoms with Gasteiger partial charge in [0.25, 0.3) is 0 Å². The van der Waals surface area contributed by atoms with Crippen molar-refractivity contribution in [2.45, 2.75) is 53.5 Å². The van der Waals surface area contributed by atoms with E-state index in [2.05, 4.69) is 45.2 Å². The van der Waals surface area contributed by atoms with Gasteiger partial charge in [-0.3, -0.25) is 4.79 Å². The van der Waals surface area contributed by atoms with E-state index in [4.69, 9.17) is 0 Å². The second-order valence-corrected chi connectivity index (χ2v) is 10.6. The number of hydrogen-bond acceptors (Lipinski definition) is 3. The Labute approximate surface area is 222 Å². The molecule has 1 amide bonds. The summed E-state index contributed by atoms with van der Waals surface area (Å²) in [4.78, 5) is 16.7. The number of likely N-dealkylation sites (tertiary alicyclic amines) is 1. The average molecular weight is 545 g/mol. The standard InChI is InChI=1S/C22H34BrN3O.C6H6.C2H6/c1-17-13-24-14-21(17)16-25-10-7-19(8-11-25)9-12-26(18(2)27)15-20-3-5-22(23)6-4-20;1-2-4-6-5-3-1;1-2/h3-6,17,19,21,24H,7-16H2,1-2H3;1-6H;1-2H3/t17?,21-;;/m1../s1. The Balaban J connectivity index is 0.000000463. The molecule has 2 aliphatic heterocycles. The fourth-order valence-electron chi connectivity index (χ4n) is 4.78. The second kappa shape index (κ2) is 16.9. The fourth-order valence-corrected chi connectivity index (χ4v) is 5.04. The maximum Gasteiger partial charge on any atom is 0.219 e. The van der Waals surface area contributed by atoms with Crippen LogP contribution in [0.2, 0.25) is 0 Å². The van der Waals surface area contributed by atoms with Crippen LogP contribution in [0.1, 0.15) is 52.5 Å². The largest absolute Gasteiger partial charge is 0.339 e. The van der Waals surface area contributed by atoms with Crippen molar-refractivity contribution in [1.82, 2.24) is 15.1 Å². The summed E-state index contributed by atoms with van der Waals surface area (Å²) in [5.74, 6) is 2.57. The van der Waals surface area contributed by atoms with E-state index in [1.54, 1.807) is 6.92 Å². The van der Waals surface area contributed by atoms with E-state index in [0.717, 1.165) is 35.2 Å². The molecule has 0 aliphatic carbocycles. The predicted octanol–water partition coefficient (Wildman–Crippen LogP) is 6.47. The van der Waals surface area contributed by atoms with Gasteiger partial charge >= 0.3 is 0 Å². The summed E-state index contributed by atoms with van der Waals surface area (Å²) >= 11 is 3.47. The van der Waals surface area contributed by atoms with Crippen LogP contribution in [0.3, 0.4) is 0 Å². The topological polar surface area (TPSA) is 35.6 Å². The van der Waals surface area contributed by atoms with E-state index in [-0.39, 0.29) is 5.91 Å². The zero-order valence-electron chi connectivity index (χ0n) is 22.3. The molecule has 2 heterocycles. The summed E-state index contributed by atoms with van der Waals surface area (Å²) < 4.78 is 1.08. The van der Waals surface area contributed by atoms with E-state index >= 15 is 0 Å². The lowest BCUT2D eigenvalue weighted by Gasteiger charge is -2.35. The van der Waals surface area contributed by atoms with Crippen LogP contribution in [0, 0.1) is 17.8 Å². The summed E-state index contributed by atoms with van der Waals surface area (Å²) in [5, 5.41) is 3.52. The highest BCUT2D eigenvalue weighted by molar-refractivity contribution is 9.10. The van der Waals surface area contributed by atoms with Crippen molar-refractivity contribution in [3.05, 3.63) is 70.7 Å². The molecule has 194 valence electrons. The first kappa shape index (κ1) is 29.5. The van der Waals surface area contributed by atoms with E-state index < -0.39 is 0 Å². The van der Waals surface area contributed by atoms with E-state index in [1.165, 1.54) is 51.1 Å². The highest BCUT2D eigenvalue weighted by Crippen LogP contribution is 2.24. The van der Waals surface area contributed by atoms with Gasteiger partial charge in [0.15, 0.2) is 0 Å². The summed E-state index contributed by atoms with van der Waals surface area (Å²) in [6, 6.07) is 20.3. The third-order valence-corrected chi connectivity index (χ3v) is 7.61. The lowest BCUT2D eigenvalue weighted by molar-refractivity contribution is -0.129. The Morgan fingerprint density at radius 3 is 2.06 bits per heavy atom. The smallest absolute Gasteiger partial charge is 0.219 e. The summed E-state index contributed by atoms with van der Waals surface area (Å²) in [6.45, 7) is 15.7. The molecule has 1 N–H and O–H groups in total. The zero-order chi connectivity index (χ0) is 25.5. The summed E-state index contributed by atoms with van der Waals surface area (Å²) in [5.41, 5.74) is 1.20. The monoisotopic (exact) mass is 543 g/mol. The molecular formula is C30H46BrN3O. The van der Waals surface area contributed by atoms with Gasteiger partial charge in [-0.15, -0.1) is 0 Å². The number of carbonyl (C=O) groups excluding carboxylic acids is 1. The van der Waals surface area contributed by atoms with E-state index in [0.29, 0.717) is 6.54 Å². The van der Waals surface area contributed by atoms with Crippen LogP contribution in [0.4, 0.5) is 0 Å². The van der Waals surface area contributed by atoms with Gasteiger partial charge in [0.1, 0.15) is 0 Å². The first-order valence-electron chi connectivity index (χ1n) is 13.4. The predicted molar refractivity (Wildman–Crippen MR) is 152 cm³/mol. The first-order chi connectivity index (χ1) is 17.0. The third kappa shape index (κ3) is 11.3. The minimum Gasteiger partial charge on any atom is -0.339 e. The molecule has 0 saturated carbocycles.